The number of carbonyl (C=O) groups excluding carboxylic acids is 1. The summed E-state index contributed by atoms with van der Waals surface area (Å²) in [5, 5.41) is 2.75. The van der Waals surface area contributed by atoms with Gasteiger partial charge in [-0.15, -0.1) is 0 Å². The zero-order valence-electron chi connectivity index (χ0n) is 10.1. The molecule has 0 aliphatic rings. The van der Waals surface area contributed by atoms with Gasteiger partial charge in [0.25, 0.3) is 5.91 Å². The molecule has 1 aromatic carbocycles. The normalized spacial score (nSPS) is 10.3. The molecular weight excluding hydrogens is 233 g/mol. The van der Waals surface area contributed by atoms with Gasteiger partial charge in [-0.2, -0.15) is 0 Å². The SMILES string of the molecule is Cc1ccc(CCNC(=O)c2ccc(F)cc2)o1. The third-order valence-corrected chi connectivity index (χ3v) is 2.56. The molecule has 1 N–H and O–H groups in total. The Balaban J connectivity index is 1.83. The molecule has 4 heteroatoms. The van der Waals surface area contributed by atoms with Crippen molar-refractivity contribution in [2.45, 2.75) is 13.3 Å². The largest absolute Gasteiger partial charge is 0.466 e. The standard InChI is InChI=1S/C14H14FNO2/c1-10-2-7-13(18-10)8-9-16-14(17)11-3-5-12(15)6-4-11/h2-7H,8-9H2,1H3,(H,16,17). The summed E-state index contributed by atoms with van der Waals surface area (Å²) < 4.78 is 18.1. The maximum absolute atomic E-state index is 12.7. The van der Waals surface area contributed by atoms with E-state index in [1.165, 1.54) is 24.3 Å². The molecule has 3 nitrogen and oxygen atoms in total. The number of amides is 1. The van der Waals surface area contributed by atoms with Gasteiger partial charge in [-0.05, 0) is 43.3 Å². The summed E-state index contributed by atoms with van der Waals surface area (Å²) in [5.74, 6) is 1.14. The summed E-state index contributed by atoms with van der Waals surface area (Å²) in [6, 6.07) is 9.23. The number of benzene rings is 1. The second-order valence-electron chi connectivity index (χ2n) is 4.03. The number of carbonyl (C=O) groups is 1. The first kappa shape index (κ1) is 12.4. The van der Waals surface area contributed by atoms with Crippen LogP contribution in [0.3, 0.4) is 0 Å². The monoisotopic (exact) mass is 247 g/mol. The van der Waals surface area contributed by atoms with Gasteiger partial charge in [-0.3, -0.25) is 4.79 Å². The van der Waals surface area contributed by atoms with Gasteiger partial charge in [0.2, 0.25) is 0 Å². The number of nitrogens with one attached hydrogen (secondary N) is 1. The molecule has 0 atom stereocenters. The summed E-state index contributed by atoms with van der Waals surface area (Å²) in [7, 11) is 0. The number of hydrogen-bond donors (Lipinski definition) is 1. The predicted octanol–water partition coefficient (Wildman–Crippen LogP) is 2.70. The maximum atomic E-state index is 12.7. The minimum atomic E-state index is -0.349. The Morgan fingerprint density at radius 3 is 2.56 bits per heavy atom. The van der Waals surface area contributed by atoms with E-state index in [1.807, 2.05) is 19.1 Å². The molecule has 0 unspecified atom stereocenters. The lowest BCUT2D eigenvalue weighted by Crippen LogP contribution is -2.25. The Kier molecular flexibility index (Phi) is 3.77. The van der Waals surface area contributed by atoms with Crippen LogP contribution in [0.5, 0.6) is 0 Å². The van der Waals surface area contributed by atoms with Crippen LogP contribution < -0.4 is 5.32 Å². The Hall–Kier alpha value is -2.10. The molecule has 18 heavy (non-hydrogen) atoms. The Morgan fingerprint density at radius 2 is 1.94 bits per heavy atom. The fourth-order valence-corrected chi connectivity index (χ4v) is 1.62. The van der Waals surface area contributed by atoms with Crippen LogP contribution in [0.2, 0.25) is 0 Å². The van der Waals surface area contributed by atoms with E-state index in [9.17, 15) is 9.18 Å². The van der Waals surface area contributed by atoms with Crippen molar-refractivity contribution >= 4 is 5.91 Å². The van der Waals surface area contributed by atoms with Crippen molar-refractivity contribution in [1.29, 1.82) is 0 Å². The van der Waals surface area contributed by atoms with Crippen LogP contribution in [-0.4, -0.2) is 12.5 Å². The highest BCUT2D eigenvalue weighted by atomic mass is 19.1. The van der Waals surface area contributed by atoms with Crippen molar-refractivity contribution < 1.29 is 13.6 Å². The van der Waals surface area contributed by atoms with Crippen LogP contribution >= 0.6 is 0 Å². The van der Waals surface area contributed by atoms with Crippen LogP contribution in [-0.2, 0) is 6.42 Å². The molecular formula is C14H14FNO2. The lowest BCUT2D eigenvalue weighted by molar-refractivity contribution is 0.0953. The minimum absolute atomic E-state index is 0.210. The summed E-state index contributed by atoms with van der Waals surface area (Å²) in [4.78, 5) is 11.7. The van der Waals surface area contributed by atoms with Crippen molar-refractivity contribution in [1.82, 2.24) is 5.32 Å². The quantitative estimate of drug-likeness (QED) is 0.902. The van der Waals surface area contributed by atoms with E-state index in [-0.39, 0.29) is 11.7 Å². The lowest BCUT2D eigenvalue weighted by Gasteiger charge is -2.03. The van der Waals surface area contributed by atoms with Gasteiger partial charge < -0.3 is 9.73 Å². The van der Waals surface area contributed by atoms with Crippen molar-refractivity contribution in [2.75, 3.05) is 6.54 Å². The highest BCUT2D eigenvalue weighted by Gasteiger charge is 2.05. The molecule has 0 saturated carbocycles. The second-order valence-corrected chi connectivity index (χ2v) is 4.03. The van der Waals surface area contributed by atoms with E-state index < -0.39 is 0 Å². The molecule has 0 bridgehead atoms. The van der Waals surface area contributed by atoms with E-state index in [0.717, 1.165) is 11.5 Å². The summed E-state index contributed by atoms with van der Waals surface area (Å²) in [5.41, 5.74) is 0.451. The van der Waals surface area contributed by atoms with E-state index in [4.69, 9.17) is 4.42 Å². The molecule has 0 saturated heterocycles. The molecule has 0 aliphatic carbocycles. The van der Waals surface area contributed by atoms with E-state index in [2.05, 4.69) is 5.32 Å². The molecule has 0 fully saturated rings. The van der Waals surface area contributed by atoms with Crippen LogP contribution in [0.15, 0.2) is 40.8 Å². The Labute approximate surface area is 105 Å². The molecule has 0 spiro atoms. The first-order valence-corrected chi connectivity index (χ1v) is 5.74. The minimum Gasteiger partial charge on any atom is -0.466 e. The van der Waals surface area contributed by atoms with E-state index in [0.29, 0.717) is 18.5 Å². The van der Waals surface area contributed by atoms with Crippen molar-refractivity contribution in [3.05, 3.63) is 59.3 Å². The van der Waals surface area contributed by atoms with Crippen molar-refractivity contribution in [3.8, 4) is 0 Å². The number of rotatable bonds is 4. The van der Waals surface area contributed by atoms with Gasteiger partial charge in [0.15, 0.2) is 0 Å². The van der Waals surface area contributed by atoms with Gasteiger partial charge in [0.1, 0.15) is 17.3 Å². The van der Waals surface area contributed by atoms with Crippen LogP contribution in [0, 0.1) is 12.7 Å². The molecule has 0 radical (unpaired) electrons. The van der Waals surface area contributed by atoms with Gasteiger partial charge in [-0.1, -0.05) is 0 Å². The average Bonchev–Trinajstić information content (AvgIpc) is 2.76. The molecule has 2 rings (SSSR count). The van der Waals surface area contributed by atoms with E-state index >= 15 is 0 Å². The zero-order valence-corrected chi connectivity index (χ0v) is 10.1. The van der Waals surface area contributed by atoms with E-state index in [1.54, 1.807) is 0 Å². The smallest absolute Gasteiger partial charge is 0.251 e. The van der Waals surface area contributed by atoms with Gasteiger partial charge in [0, 0.05) is 18.5 Å². The first-order valence-electron chi connectivity index (χ1n) is 5.74. The third-order valence-electron chi connectivity index (χ3n) is 2.56. The molecule has 1 amide bonds. The van der Waals surface area contributed by atoms with Crippen LogP contribution in [0.25, 0.3) is 0 Å². The van der Waals surface area contributed by atoms with Crippen molar-refractivity contribution in [2.24, 2.45) is 0 Å². The number of aryl methyl sites for hydroxylation is 1. The lowest BCUT2D eigenvalue weighted by atomic mass is 10.2. The third kappa shape index (κ3) is 3.20. The van der Waals surface area contributed by atoms with Crippen LogP contribution in [0.4, 0.5) is 4.39 Å². The number of hydrogen-bond acceptors (Lipinski definition) is 2. The second kappa shape index (κ2) is 5.49. The van der Waals surface area contributed by atoms with Gasteiger partial charge >= 0.3 is 0 Å². The van der Waals surface area contributed by atoms with Gasteiger partial charge in [0.05, 0.1) is 0 Å². The summed E-state index contributed by atoms with van der Waals surface area (Å²) in [6.45, 7) is 2.36. The first-order chi connectivity index (χ1) is 8.65. The molecule has 94 valence electrons. The summed E-state index contributed by atoms with van der Waals surface area (Å²) >= 11 is 0. The average molecular weight is 247 g/mol. The topological polar surface area (TPSA) is 42.2 Å². The zero-order chi connectivity index (χ0) is 13.0. The Morgan fingerprint density at radius 1 is 1.22 bits per heavy atom. The predicted molar refractivity (Wildman–Crippen MR) is 65.9 cm³/mol. The molecule has 2 aromatic rings. The molecule has 0 aliphatic heterocycles. The van der Waals surface area contributed by atoms with Gasteiger partial charge in [-0.25, -0.2) is 4.39 Å². The number of halogens is 1. The Bertz CT molecular complexity index is 531. The molecule has 1 aromatic heterocycles. The fraction of sp³-hybridized carbons (Fsp3) is 0.214. The fourth-order valence-electron chi connectivity index (χ4n) is 1.62. The maximum Gasteiger partial charge on any atom is 0.251 e. The number of furan rings is 1. The highest BCUT2D eigenvalue weighted by Crippen LogP contribution is 2.06. The summed E-state index contributed by atoms with van der Waals surface area (Å²) in [6.07, 6.45) is 0.640. The highest BCUT2D eigenvalue weighted by molar-refractivity contribution is 5.94. The van der Waals surface area contributed by atoms with Crippen LogP contribution in [0.1, 0.15) is 21.9 Å². The van der Waals surface area contributed by atoms with Crippen molar-refractivity contribution in [3.63, 3.8) is 0 Å². The molecule has 1 heterocycles.